The Morgan fingerprint density at radius 3 is 2.39 bits per heavy atom. The molecule has 0 aromatic heterocycles. The maximum Gasteiger partial charge on any atom is 0.170 e. The van der Waals surface area contributed by atoms with E-state index in [1.807, 2.05) is 24.3 Å². The van der Waals surface area contributed by atoms with Gasteiger partial charge in [-0.15, -0.1) is 0 Å². The molecule has 0 spiro atoms. The monoisotopic (exact) mass is 285 g/mol. The molecule has 0 aliphatic carbocycles. The van der Waals surface area contributed by atoms with Crippen LogP contribution < -0.4 is 10.6 Å². The Morgan fingerprint density at radius 1 is 1.22 bits per heavy atom. The summed E-state index contributed by atoms with van der Waals surface area (Å²) in [6.45, 7) is 8.29. The Bertz CT molecular complexity index is 363. The van der Waals surface area contributed by atoms with Crippen LogP contribution in [-0.2, 0) is 0 Å². The van der Waals surface area contributed by atoms with Gasteiger partial charge in [-0.3, -0.25) is 0 Å². The van der Waals surface area contributed by atoms with Gasteiger partial charge < -0.3 is 15.5 Å². The summed E-state index contributed by atoms with van der Waals surface area (Å²) in [6.07, 6.45) is 0. The van der Waals surface area contributed by atoms with E-state index in [9.17, 15) is 0 Å². The van der Waals surface area contributed by atoms with Gasteiger partial charge in [0, 0.05) is 23.8 Å². The van der Waals surface area contributed by atoms with Gasteiger partial charge in [0.05, 0.1) is 0 Å². The molecule has 0 amide bonds. The topological polar surface area (TPSA) is 27.3 Å². The first-order chi connectivity index (χ1) is 8.65. The summed E-state index contributed by atoms with van der Waals surface area (Å²) < 4.78 is 0. The second-order valence-electron chi connectivity index (χ2n) is 3.91. The normalized spacial score (nSPS) is 10.4. The van der Waals surface area contributed by atoms with Crippen LogP contribution in [0.3, 0.4) is 0 Å². The van der Waals surface area contributed by atoms with Gasteiger partial charge >= 0.3 is 0 Å². The minimum atomic E-state index is 0.643. The first-order valence-electron chi connectivity index (χ1n) is 6.18. The molecule has 2 N–H and O–H groups in total. The van der Waals surface area contributed by atoms with Gasteiger partial charge in [-0.1, -0.05) is 25.4 Å². The highest BCUT2D eigenvalue weighted by molar-refractivity contribution is 7.80. The maximum atomic E-state index is 5.82. The average Bonchev–Trinajstić information content (AvgIpc) is 2.37. The van der Waals surface area contributed by atoms with E-state index in [4.69, 9.17) is 23.8 Å². The lowest BCUT2D eigenvalue weighted by Gasteiger charge is -2.18. The van der Waals surface area contributed by atoms with Crippen molar-refractivity contribution < 1.29 is 0 Å². The Hall–Kier alpha value is -0.840. The fourth-order valence-electron chi connectivity index (χ4n) is 1.58. The molecule has 1 aromatic rings. The molecule has 0 unspecified atom stereocenters. The Kier molecular flexibility index (Phi) is 7.01. The van der Waals surface area contributed by atoms with E-state index in [0.29, 0.717) is 5.11 Å². The minimum Gasteiger partial charge on any atom is -0.361 e. The summed E-state index contributed by atoms with van der Waals surface area (Å²) in [7, 11) is 0. The molecule has 1 aromatic carbocycles. The van der Waals surface area contributed by atoms with Crippen LogP contribution in [-0.4, -0.2) is 36.2 Å². The zero-order chi connectivity index (χ0) is 13.4. The van der Waals surface area contributed by atoms with Crippen LogP contribution in [0.5, 0.6) is 0 Å². The van der Waals surface area contributed by atoms with Crippen molar-refractivity contribution in [2.45, 2.75) is 13.8 Å². The third kappa shape index (κ3) is 5.67. The maximum absolute atomic E-state index is 5.82. The number of benzene rings is 1. The van der Waals surface area contributed by atoms with E-state index in [2.05, 4.69) is 29.4 Å². The number of halogens is 1. The number of thiocarbonyl (C=S) groups is 1. The van der Waals surface area contributed by atoms with E-state index in [-0.39, 0.29) is 0 Å². The summed E-state index contributed by atoms with van der Waals surface area (Å²) in [5.74, 6) is 0. The van der Waals surface area contributed by atoms with Crippen LogP contribution in [0.4, 0.5) is 5.69 Å². The Labute approximate surface area is 120 Å². The van der Waals surface area contributed by atoms with Gasteiger partial charge in [-0.2, -0.15) is 0 Å². The number of nitrogens with zero attached hydrogens (tertiary/aromatic N) is 1. The number of hydrogen-bond acceptors (Lipinski definition) is 2. The average molecular weight is 286 g/mol. The molecule has 100 valence electrons. The van der Waals surface area contributed by atoms with E-state index >= 15 is 0 Å². The number of anilines is 1. The van der Waals surface area contributed by atoms with E-state index < -0.39 is 0 Å². The highest BCUT2D eigenvalue weighted by atomic mass is 35.5. The molecule has 0 atom stereocenters. The zero-order valence-corrected chi connectivity index (χ0v) is 12.4. The zero-order valence-electron chi connectivity index (χ0n) is 10.9. The first kappa shape index (κ1) is 15.2. The van der Waals surface area contributed by atoms with Crippen molar-refractivity contribution in [3.8, 4) is 0 Å². The molecule has 0 radical (unpaired) electrons. The predicted octanol–water partition coefficient (Wildman–Crippen LogP) is 2.97. The second-order valence-corrected chi connectivity index (χ2v) is 4.76. The highest BCUT2D eigenvalue weighted by Crippen LogP contribution is 2.12. The smallest absolute Gasteiger partial charge is 0.170 e. The van der Waals surface area contributed by atoms with Crippen molar-refractivity contribution in [3.05, 3.63) is 29.3 Å². The fourth-order valence-corrected chi connectivity index (χ4v) is 1.92. The molecule has 1 rings (SSSR count). The SMILES string of the molecule is CCN(CC)CCNC(=S)Nc1ccc(Cl)cc1. The Balaban J connectivity index is 2.27. The van der Waals surface area contributed by atoms with Gasteiger partial charge in [0.25, 0.3) is 0 Å². The molecule has 0 saturated heterocycles. The lowest BCUT2D eigenvalue weighted by molar-refractivity contribution is 0.308. The summed E-state index contributed by atoms with van der Waals surface area (Å²) >= 11 is 11.0. The van der Waals surface area contributed by atoms with E-state index in [0.717, 1.165) is 36.9 Å². The van der Waals surface area contributed by atoms with Gasteiger partial charge in [0.15, 0.2) is 5.11 Å². The molecule has 3 nitrogen and oxygen atoms in total. The van der Waals surface area contributed by atoms with Crippen molar-refractivity contribution in [1.82, 2.24) is 10.2 Å². The molecule has 0 saturated carbocycles. The number of rotatable bonds is 6. The molecular weight excluding hydrogens is 266 g/mol. The molecule has 0 heterocycles. The van der Waals surface area contributed by atoms with Crippen molar-refractivity contribution in [1.29, 1.82) is 0 Å². The molecular formula is C13H20ClN3S. The molecule has 18 heavy (non-hydrogen) atoms. The summed E-state index contributed by atoms with van der Waals surface area (Å²) in [6, 6.07) is 7.48. The van der Waals surface area contributed by atoms with Gasteiger partial charge in [-0.25, -0.2) is 0 Å². The molecule has 0 aliphatic heterocycles. The standard InChI is InChI=1S/C13H20ClN3S/c1-3-17(4-2)10-9-15-13(18)16-12-7-5-11(14)6-8-12/h5-8H,3-4,9-10H2,1-2H3,(H2,15,16,18). The fraction of sp³-hybridized carbons (Fsp3) is 0.462. The van der Waals surface area contributed by atoms with Gasteiger partial charge in [0.1, 0.15) is 0 Å². The van der Waals surface area contributed by atoms with Crippen LogP contribution in [0, 0.1) is 0 Å². The van der Waals surface area contributed by atoms with E-state index in [1.165, 1.54) is 0 Å². The van der Waals surface area contributed by atoms with Crippen LogP contribution >= 0.6 is 23.8 Å². The minimum absolute atomic E-state index is 0.643. The summed E-state index contributed by atoms with van der Waals surface area (Å²) in [5, 5.41) is 7.68. The van der Waals surface area contributed by atoms with Crippen molar-refractivity contribution in [2.75, 3.05) is 31.5 Å². The quantitative estimate of drug-likeness (QED) is 0.786. The second kappa shape index (κ2) is 8.29. The predicted molar refractivity (Wildman–Crippen MR) is 83.5 cm³/mol. The van der Waals surface area contributed by atoms with Crippen molar-refractivity contribution in [3.63, 3.8) is 0 Å². The number of hydrogen-bond donors (Lipinski definition) is 2. The third-order valence-electron chi connectivity index (χ3n) is 2.71. The van der Waals surface area contributed by atoms with Crippen LogP contribution in [0.2, 0.25) is 5.02 Å². The largest absolute Gasteiger partial charge is 0.361 e. The lowest BCUT2D eigenvalue weighted by atomic mass is 10.3. The Morgan fingerprint density at radius 2 is 1.83 bits per heavy atom. The number of likely N-dealkylation sites (N-methyl/N-ethyl adjacent to an activating group) is 1. The van der Waals surface area contributed by atoms with Crippen LogP contribution in [0.15, 0.2) is 24.3 Å². The third-order valence-corrected chi connectivity index (χ3v) is 3.21. The van der Waals surface area contributed by atoms with Gasteiger partial charge in [0.2, 0.25) is 0 Å². The lowest BCUT2D eigenvalue weighted by Crippen LogP contribution is -2.36. The molecule has 0 aliphatic rings. The van der Waals surface area contributed by atoms with Crippen LogP contribution in [0.25, 0.3) is 0 Å². The first-order valence-corrected chi connectivity index (χ1v) is 6.97. The van der Waals surface area contributed by atoms with Crippen molar-refractivity contribution >= 4 is 34.6 Å². The summed E-state index contributed by atoms with van der Waals surface area (Å²) in [5.41, 5.74) is 0.944. The van der Waals surface area contributed by atoms with Crippen molar-refractivity contribution in [2.24, 2.45) is 0 Å². The number of nitrogens with one attached hydrogen (secondary N) is 2. The van der Waals surface area contributed by atoms with E-state index in [1.54, 1.807) is 0 Å². The van der Waals surface area contributed by atoms with Crippen LogP contribution in [0.1, 0.15) is 13.8 Å². The highest BCUT2D eigenvalue weighted by Gasteiger charge is 2.00. The molecule has 5 heteroatoms. The molecule has 0 bridgehead atoms. The van der Waals surface area contributed by atoms with Gasteiger partial charge in [-0.05, 0) is 49.6 Å². The summed E-state index contributed by atoms with van der Waals surface area (Å²) in [4.78, 5) is 2.35. The molecule has 0 fully saturated rings.